The highest BCUT2D eigenvalue weighted by Crippen LogP contribution is 2.28. The minimum absolute atomic E-state index is 0.0127. The lowest BCUT2D eigenvalue weighted by Crippen LogP contribution is -2.39. The maximum atomic E-state index is 9.24. The molecule has 1 rings (SSSR count). The Kier molecular flexibility index (Phi) is 3.50. The third kappa shape index (κ3) is 2.19. The topological polar surface area (TPSA) is 49.7 Å². The van der Waals surface area contributed by atoms with Gasteiger partial charge in [-0.3, -0.25) is 0 Å². The van der Waals surface area contributed by atoms with Gasteiger partial charge in [-0.25, -0.2) is 0 Å². The molecular weight excluding hydrogens is 156 g/mol. The Bertz CT molecular complexity index is 134. The second-order valence-electron chi connectivity index (χ2n) is 3.77. The molecule has 0 aliphatic carbocycles. The molecule has 0 amide bonds. The van der Waals surface area contributed by atoms with E-state index in [0.717, 1.165) is 12.8 Å². The average Bonchev–Trinajstić information content (AvgIpc) is 2.08. The largest absolute Gasteiger partial charge is 0.396 e. The maximum Gasteiger partial charge on any atom is 0.154 e. The van der Waals surface area contributed by atoms with Gasteiger partial charge in [0.1, 0.15) is 0 Å². The van der Waals surface area contributed by atoms with Crippen LogP contribution in [0.5, 0.6) is 0 Å². The SMILES string of the molecule is C[C@H](CO)[C@H]1OC(O)CC[C@H]1C. The summed E-state index contributed by atoms with van der Waals surface area (Å²) in [4.78, 5) is 0. The van der Waals surface area contributed by atoms with Gasteiger partial charge in [0.2, 0.25) is 0 Å². The molecule has 0 bridgehead atoms. The summed E-state index contributed by atoms with van der Waals surface area (Å²) in [5.74, 6) is 0.561. The zero-order valence-corrected chi connectivity index (χ0v) is 7.73. The van der Waals surface area contributed by atoms with Crippen LogP contribution in [0.25, 0.3) is 0 Å². The molecule has 3 heteroatoms. The summed E-state index contributed by atoms with van der Waals surface area (Å²) in [5, 5.41) is 18.2. The van der Waals surface area contributed by atoms with E-state index in [1.807, 2.05) is 6.92 Å². The Labute approximate surface area is 73.4 Å². The molecule has 12 heavy (non-hydrogen) atoms. The first-order valence-corrected chi connectivity index (χ1v) is 4.59. The first-order chi connectivity index (χ1) is 5.65. The van der Waals surface area contributed by atoms with E-state index >= 15 is 0 Å². The van der Waals surface area contributed by atoms with E-state index in [2.05, 4.69) is 6.92 Å². The van der Waals surface area contributed by atoms with E-state index in [4.69, 9.17) is 9.84 Å². The summed E-state index contributed by atoms with van der Waals surface area (Å²) in [6, 6.07) is 0. The van der Waals surface area contributed by atoms with Crippen molar-refractivity contribution in [3.8, 4) is 0 Å². The van der Waals surface area contributed by atoms with Crippen LogP contribution in [0.15, 0.2) is 0 Å². The highest BCUT2D eigenvalue weighted by molar-refractivity contribution is 4.76. The summed E-state index contributed by atoms with van der Waals surface area (Å²) in [5.41, 5.74) is 0. The van der Waals surface area contributed by atoms with Crippen molar-refractivity contribution < 1.29 is 14.9 Å². The van der Waals surface area contributed by atoms with Gasteiger partial charge in [0.25, 0.3) is 0 Å². The number of ether oxygens (including phenoxy) is 1. The molecule has 0 aromatic carbocycles. The van der Waals surface area contributed by atoms with Gasteiger partial charge in [-0.2, -0.15) is 0 Å². The van der Waals surface area contributed by atoms with Gasteiger partial charge in [-0.15, -0.1) is 0 Å². The molecule has 1 aliphatic heterocycles. The van der Waals surface area contributed by atoms with Gasteiger partial charge in [-0.1, -0.05) is 13.8 Å². The summed E-state index contributed by atoms with van der Waals surface area (Å²) >= 11 is 0. The number of aliphatic hydroxyl groups is 2. The van der Waals surface area contributed by atoms with Crippen molar-refractivity contribution in [2.24, 2.45) is 11.8 Å². The van der Waals surface area contributed by atoms with E-state index in [1.165, 1.54) is 0 Å². The quantitative estimate of drug-likeness (QED) is 0.649. The van der Waals surface area contributed by atoms with E-state index in [0.29, 0.717) is 5.92 Å². The van der Waals surface area contributed by atoms with Gasteiger partial charge < -0.3 is 14.9 Å². The van der Waals surface area contributed by atoms with Gasteiger partial charge in [0, 0.05) is 12.5 Å². The number of hydrogen-bond donors (Lipinski definition) is 2. The molecule has 2 N–H and O–H groups in total. The summed E-state index contributed by atoms with van der Waals surface area (Å²) in [6.45, 7) is 4.17. The first kappa shape index (κ1) is 9.96. The van der Waals surface area contributed by atoms with Crippen molar-refractivity contribution in [3.05, 3.63) is 0 Å². The summed E-state index contributed by atoms with van der Waals surface area (Å²) in [6.07, 6.45) is 1.09. The normalized spacial score (nSPS) is 39.5. The first-order valence-electron chi connectivity index (χ1n) is 4.59. The third-order valence-electron chi connectivity index (χ3n) is 2.59. The second kappa shape index (κ2) is 4.21. The Hall–Kier alpha value is -0.120. The van der Waals surface area contributed by atoms with Crippen molar-refractivity contribution in [1.82, 2.24) is 0 Å². The lowest BCUT2D eigenvalue weighted by atomic mass is 9.88. The van der Waals surface area contributed by atoms with Crippen LogP contribution in [0, 0.1) is 11.8 Å². The Morgan fingerprint density at radius 2 is 2.17 bits per heavy atom. The standard InChI is InChI=1S/C9H18O3/c1-6-3-4-8(11)12-9(6)7(2)5-10/h6-11H,3-5H2,1-2H3/t6-,7-,8?,9+/m1/s1. The minimum Gasteiger partial charge on any atom is -0.396 e. The molecule has 1 unspecified atom stereocenters. The summed E-state index contributed by atoms with van der Waals surface area (Å²) in [7, 11) is 0. The molecule has 1 saturated heterocycles. The fraction of sp³-hybridized carbons (Fsp3) is 1.00. The van der Waals surface area contributed by atoms with Gasteiger partial charge in [0.05, 0.1) is 6.10 Å². The van der Waals surface area contributed by atoms with E-state index in [-0.39, 0.29) is 18.6 Å². The molecule has 0 aromatic rings. The highest BCUT2D eigenvalue weighted by atomic mass is 16.6. The Balaban J connectivity index is 2.48. The molecule has 0 aromatic heterocycles. The van der Waals surface area contributed by atoms with Crippen LogP contribution in [-0.4, -0.2) is 29.2 Å². The van der Waals surface area contributed by atoms with E-state index < -0.39 is 6.29 Å². The number of rotatable bonds is 2. The van der Waals surface area contributed by atoms with Crippen molar-refractivity contribution in [1.29, 1.82) is 0 Å². The monoisotopic (exact) mass is 174 g/mol. The molecule has 3 nitrogen and oxygen atoms in total. The van der Waals surface area contributed by atoms with Crippen LogP contribution in [0.2, 0.25) is 0 Å². The second-order valence-corrected chi connectivity index (χ2v) is 3.77. The number of aliphatic hydroxyl groups excluding tert-OH is 2. The molecule has 4 atom stereocenters. The zero-order valence-electron chi connectivity index (χ0n) is 7.73. The van der Waals surface area contributed by atoms with Crippen LogP contribution >= 0.6 is 0 Å². The molecule has 0 saturated carbocycles. The molecule has 1 fully saturated rings. The predicted molar refractivity (Wildman–Crippen MR) is 45.5 cm³/mol. The third-order valence-corrected chi connectivity index (χ3v) is 2.59. The fourth-order valence-electron chi connectivity index (χ4n) is 1.75. The molecule has 0 radical (unpaired) electrons. The Morgan fingerprint density at radius 1 is 1.50 bits per heavy atom. The maximum absolute atomic E-state index is 9.24. The van der Waals surface area contributed by atoms with Crippen molar-refractivity contribution in [2.45, 2.75) is 39.1 Å². The van der Waals surface area contributed by atoms with Crippen molar-refractivity contribution >= 4 is 0 Å². The predicted octanol–water partition coefficient (Wildman–Crippen LogP) is 0.748. The number of hydrogen-bond acceptors (Lipinski definition) is 3. The molecular formula is C9H18O3. The molecule has 1 aliphatic rings. The van der Waals surface area contributed by atoms with Gasteiger partial charge in [0.15, 0.2) is 6.29 Å². The zero-order chi connectivity index (χ0) is 9.14. The fourth-order valence-corrected chi connectivity index (χ4v) is 1.75. The highest BCUT2D eigenvalue weighted by Gasteiger charge is 2.30. The van der Waals surface area contributed by atoms with Crippen LogP contribution in [0.4, 0.5) is 0 Å². The summed E-state index contributed by atoms with van der Waals surface area (Å²) < 4.78 is 5.35. The van der Waals surface area contributed by atoms with E-state index in [1.54, 1.807) is 0 Å². The molecule has 1 heterocycles. The average molecular weight is 174 g/mol. The molecule has 72 valence electrons. The minimum atomic E-state index is -0.625. The lowest BCUT2D eigenvalue weighted by molar-refractivity contribution is -0.196. The van der Waals surface area contributed by atoms with Crippen LogP contribution < -0.4 is 0 Å². The smallest absolute Gasteiger partial charge is 0.154 e. The van der Waals surface area contributed by atoms with Crippen LogP contribution in [0.1, 0.15) is 26.7 Å². The van der Waals surface area contributed by atoms with E-state index in [9.17, 15) is 5.11 Å². The molecule has 0 spiro atoms. The van der Waals surface area contributed by atoms with Crippen molar-refractivity contribution in [3.63, 3.8) is 0 Å². The van der Waals surface area contributed by atoms with Gasteiger partial charge in [-0.05, 0) is 18.8 Å². The van der Waals surface area contributed by atoms with Gasteiger partial charge >= 0.3 is 0 Å². The van der Waals surface area contributed by atoms with Crippen molar-refractivity contribution in [2.75, 3.05) is 6.61 Å². The Morgan fingerprint density at radius 3 is 2.75 bits per heavy atom. The van der Waals surface area contributed by atoms with Crippen LogP contribution in [-0.2, 0) is 4.74 Å². The van der Waals surface area contributed by atoms with Crippen LogP contribution in [0.3, 0.4) is 0 Å². The lowest BCUT2D eigenvalue weighted by Gasteiger charge is -2.35.